The summed E-state index contributed by atoms with van der Waals surface area (Å²) in [6.07, 6.45) is 0.275. The van der Waals surface area contributed by atoms with E-state index in [0.717, 1.165) is 5.56 Å². The maximum absolute atomic E-state index is 12.9. The summed E-state index contributed by atoms with van der Waals surface area (Å²) in [6.45, 7) is 0.770. The minimum absolute atomic E-state index is 0.303. The van der Waals surface area contributed by atoms with Gasteiger partial charge in [-0.15, -0.1) is 0 Å². The number of hydrogen-bond acceptors (Lipinski definition) is 3. The van der Waals surface area contributed by atoms with Crippen LogP contribution in [-0.4, -0.2) is 39.8 Å². The van der Waals surface area contributed by atoms with Crippen LogP contribution in [0, 0.1) is 5.95 Å². The van der Waals surface area contributed by atoms with Crippen LogP contribution in [0.3, 0.4) is 0 Å². The molecule has 2 aliphatic heterocycles. The number of fused-ring (bicyclic) bond motifs is 1. The van der Waals surface area contributed by atoms with Crippen molar-refractivity contribution in [3.63, 3.8) is 0 Å². The van der Waals surface area contributed by atoms with Gasteiger partial charge in [-0.05, 0) is 12.1 Å². The molecule has 0 bridgehead atoms. The monoisotopic (exact) mass is 238 g/mol. The summed E-state index contributed by atoms with van der Waals surface area (Å²) < 4.78 is 18.6. The van der Waals surface area contributed by atoms with E-state index < -0.39 is 17.6 Å². The van der Waals surface area contributed by atoms with Crippen LogP contribution in [0.4, 0.5) is 9.18 Å². The summed E-state index contributed by atoms with van der Waals surface area (Å²) in [5.41, 5.74) is 0.306. The number of carboxylic acid groups (broad SMARTS) is 1. The number of amides is 1. The Hall–Kier alpha value is -1.85. The number of carbonyl (C=O) groups is 1. The normalized spacial score (nSPS) is 26.1. The van der Waals surface area contributed by atoms with Crippen molar-refractivity contribution in [1.29, 1.82) is 0 Å². The Kier molecular flexibility index (Phi) is 2.01. The fourth-order valence-electron chi connectivity index (χ4n) is 2.49. The van der Waals surface area contributed by atoms with Crippen LogP contribution in [0.15, 0.2) is 12.1 Å². The fourth-order valence-corrected chi connectivity index (χ4v) is 2.49. The lowest BCUT2D eigenvalue weighted by molar-refractivity contribution is 0.0922. The van der Waals surface area contributed by atoms with Gasteiger partial charge in [-0.1, -0.05) is 0 Å². The van der Waals surface area contributed by atoms with E-state index in [-0.39, 0.29) is 0 Å². The number of ether oxygens (including phenoxy) is 1. The number of aromatic nitrogens is 1. The van der Waals surface area contributed by atoms with Crippen molar-refractivity contribution in [2.75, 3.05) is 13.1 Å². The van der Waals surface area contributed by atoms with E-state index in [4.69, 9.17) is 9.84 Å². The third-order valence-corrected chi connectivity index (χ3v) is 3.32. The first-order valence-corrected chi connectivity index (χ1v) is 5.40. The SMILES string of the molecule is O=C(O)N1CCC2(Cc3ccc(F)nc3O2)C1. The van der Waals surface area contributed by atoms with E-state index in [1.54, 1.807) is 6.07 Å². The highest BCUT2D eigenvalue weighted by molar-refractivity contribution is 5.65. The van der Waals surface area contributed by atoms with Gasteiger partial charge in [0.15, 0.2) is 0 Å². The van der Waals surface area contributed by atoms with Crippen molar-refractivity contribution in [1.82, 2.24) is 9.88 Å². The van der Waals surface area contributed by atoms with Crippen LogP contribution >= 0.6 is 0 Å². The zero-order valence-corrected chi connectivity index (χ0v) is 9.02. The Bertz CT molecular complexity index is 494. The Morgan fingerprint density at radius 1 is 1.59 bits per heavy atom. The predicted molar refractivity (Wildman–Crippen MR) is 55.5 cm³/mol. The summed E-state index contributed by atoms with van der Waals surface area (Å²) in [6, 6.07) is 2.95. The van der Waals surface area contributed by atoms with Crippen LogP contribution < -0.4 is 4.74 Å². The Balaban J connectivity index is 1.84. The van der Waals surface area contributed by atoms with Gasteiger partial charge in [0.1, 0.15) is 5.60 Å². The molecule has 3 heterocycles. The van der Waals surface area contributed by atoms with Gasteiger partial charge < -0.3 is 14.7 Å². The fraction of sp³-hybridized carbons (Fsp3) is 0.455. The molecule has 2 aliphatic rings. The first-order chi connectivity index (χ1) is 8.08. The van der Waals surface area contributed by atoms with E-state index in [9.17, 15) is 9.18 Å². The summed E-state index contributed by atoms with van der Waals surface area (Å²) in [5.74, 6) is -0.272. The Labute approximate surface area is 96.8 Å². The summed E-state index contributed by atoms with van der Waals surface area (Å²) in [4.78, 5) is 15.9. The van der Waals surface area contributed by atoms with Crippen molar-refractivity contribution < 1.29 is 19.0 Å². The highest BCUT2D eigenvalue weighted by Crippen LogP contribution is 2.39. The van der Waals surface area contributed by atoms with Crippen LogP contribution in [0.2, 0.25) is 0 Å². The number of likely N-dealkylation sites (tertiary alicyclic amines) is 1. The molecule has 6 heteroatoms. The molecule has 1 aromatic rings. The van der Waals surface area contributed by atoms with Gasteiger partial charge in [0, 0.05) is 24.9 Å². The Morgan fingerprint density at radius 3 is 3.12 bits per heavy atom. The van der Waals surface area contributed by atoms with Crippen LogP contribution in [0.1, 0.15) is 12.0 Å². The maximum Gasteiger partial charge on any atom is 0.407 e. The zero-order valence-electron chi connectivity index (χ0n) is 9.02. The topological polar surface area (TPSA) is 62.7 Å². The number of halogens is 1. The Morgan fingerprint density at radius 2 is 2.41 bits per heavy atom. The van der Waals surface area contributed by atoms with Crippen LogP contribution in [0.25, 0.3) is 0 Å². The summed E-state index contributed by atoms with van der Waals surface area (Å²) in [7, 11) is 0. The maximum atomic E-state index is 12.9. The molecule has 0 aliphatic carbocycles. The first-order valence-electron chi connectivity index (χ1n) is 5.40. The molecular formula is C11H11FN2O3. The molecule has 1 aromatic heterocycles. The van der Waals surface area contributed by atoms with Crippen molar-refractivity contribution in [2.24, 2.45) is 0 Å². The first kappa shape index (κ1) is 10.3. The van der Waals surface area contributed by atoms with E-state index in [1.807, 2.05) is 0 Å². The molecule has 3 rings (SSSR count). The molecule has 1 atom stereocenters. The largest absolute Gasteiger partial charge is 0.468 e. The standard InChI is InChI=1S/C11H11FN2O3/c12-8-2-1-7-5-11(17-9(7)13-8)3-4-14(6-11)10(15)16/h1-2H,3-6H2,(H,15,16). The number of nitrogens with zero attached hydrogens (tertiary/aromatic N) is 2. The second-order valence-corrected chi connectivity index (χ2v) is 4.51. The van der Waals surface area contributed by atoms with Gasteiger partial charge in [-0.25, -0.2) is 4.79 Å². The number of rotatable bonds is 0. The molecule has 0 saturated carbocycles. The lowest BCUT2D eigenvalue weighted by Crippen LogP contribution is -2.39. The molecule has 1 unspecified atom stereocenters. The second kappa shape index (κ2) is 3.32. The third-order valence-electron chi connectivity index (χ3n) is 3.32. The second-order valence-electron chi connectivity index (χ2n) is 4.51. The average Bonchev–Trinajstić information content (AvgIpc) is 2.82. The van der Waals surface area contributed by atoms with E-state index in [1.165, 1.54) is 11.0 Å². The van der Waals surface area contributed by atoms with Gasteiger partial charge in [0.05, 0.1) is 6.54 Å². The third kappa shape index (κ3) is 1.60. The predicted octanol–water partition coefficient (Wildman–Crippen LogP) is 1.28. The van der Waals surface area contributed by atoms with Gasteiger partial charge in [-0.2, -0.15) is 9.37 Å². The van der Waals surface area contributed by atoms with Gasteiger partial charge in [0.2, 0.25) is 11.8 Å². The molecule has 1 saturated heterocycles. The van der Waals surface area contributed by atoms with E-state index >= 15 is 0 Å². The lowest BCUT2D eigenvalue weighted by atomic mass is 9.97. The minimum Gasteiger partial charge on any atom is -0.468 e. The highest BCUT2D eigenvalue weighted by Gasteiger charge is 2.47. The van der Waals surface area contributed by atoms with E-state index in [0.29, 0.717) is 31.8 Å². The molecule has 5 nitrogen and oxygen atoms in total. The quantitative estimate of drug-likeness (QED) is 0.691. The minimum atomic E-state index is -0.944. The van der Waals surface area contributed by atoms with Gasteiger partial charge in [0.25, 0.3) is 0 Å². The molecule has 1 amide bonds. The molecule has 0 aromatic carbocycles. The van der Waals surface area contributed by atoms with E-state index in [2.05, 4.69) is 4.98 Å². The van der Waals surface area contributed by atoms with Crippen molar-refractivity contribution >= 4 is 6.09 Å². The number of hydrogen-bond donors (Lipinski definition) is 1. The number of pyridine rings is 1. The molecule has 0 radical (unpaired) electrons. The molecule has 90 valence electrons. The molecule has 1 N–H and O–H groups in total. The van der Waals surface area contributed by atoms with Crippen LogP contribution in [-0.2, 0) is 6.42 Å². The summed E-state index contributed by atoms with van der Waals surface area (Å²) in [5, 5.41) is 8.91. The summed E-state index contributed by atoms with van der Waals surface area (Å²) >= 11 is 0. The van der Waals surface area contributed by atoms with Gasteiger partial charge >= 0.3 is 6.09 Å². The smallest absolute Gasteiger partial charge is 0.407 e. The highest BCUT2D eigenvalue weighted by atomic mass is 19.1. The van der Waals surface area contributed by atoms with Crippen molar-refractivity contribution in [2.45, 2.75) is 18.4 Å². The molecule has 17 heavy (non-hydrogen) atoms. The average molecular weight is 238 g/mol. The van der Waals surface area contributed by atoms with Crippen molar-refractivity contribution in [3.8, 4) is 5.88 Å². The van der Waals surface area contributed by atoms with Crippen molar-refractivity contribution in [3.05, 3.63) is 23.6 Å². The lowest BCUT2D eigenvalue weighted by Gasteiger charge is -2.22. The van der Waals surface area contributed by atoms with Gasteiger partial charge in [-0.3, -0.25) is 0 Å². The molecule has 1 spiro atoms. The zero-order chi connectivity index (χ0) is 12.0. The molecule has 1 fully saturated rings. The molecular weight excluding hydrogens is 227 g/mol. The van der Waals surface area contributed by atoms with Crippen LogP contribution in [0.5, 0.6) is 5.88 Å².